The molecule has 0 saturated heterocycles. The van der Waals surface area contributed by atoms with Crippen LogP contribution in [0.5, 0.6) is 0 Å². The van der Waals surface area contributed by atoms with Gasteiger partial charge < -0.3 is 4.74 Å². The van der Waals surface area contributed by atoms with E-state index in [4.69, 9.17) is 4.74 Å². The number of carbonyl (C=O) groups is 1. The Balaban J connectivity index is 1.22. The van der Waals surface area contributed by atoms with E-state index in [1.165, 1.54) is 134 Å². The maximum atomic E-state index is 13.1. The zero-order chi connectivity index (χ0) is 36.4. The number of rotatable bonds is 20. The van der Waals surface area contributed by atoms with Crippen molar-refractivity contribution in [3.8, 4) is 0 Å². The normalized spacial score (nSPS) is 32.4. The summed E-state index contributed by atoms with van der Waals surface area (Å²) in [6, 6.07) is 0. The Morgan fingerprint density at radius 1 is 0.760 bits per heavy atom. The molecular formula is C48H82O2. The Hall–Kier alpha value is -1.31. The molecular weight excluding hydrogens is 609 g/mol. The van der Waals surface area contributed by atoms with Crippen molar-refractivity contribution in [3.63, 3.8) is 0 Å². The highest BCUT2D eigenvalue weighted by Crippen LogP contribution is 2.72. The number of fused-ring (bicyclic) bond motifs is 4. The first-order chi connectivity index (χ1) is 23.8. The first kappa shape index (κ1) is 41.4. The highest BCUT2D eigenvalue weighted by Gasteiger charge is 2.63. The number of esters is 1. The Bertz CT molecular complexity index is 1170. The fourth-order valence-corrected chi connectivity index (χ4v) is 12.2. The predicted octanol–water partition coefficient (Wildman–Crippen LogP) is 15.1. The van der Waals surface area contributed by atoms with Crippen LogP contribution in [0.4, 0.5) is 0 Å². The van der Waals surface area contributed by atoms with E-state index in [0.29, 0.717) is 23.2 Å². The van der Waals surface area contributed by atoms with Gasteiger partial charge in [0.25, 0.3) is 0 Å². The van der Waals surface area contributed by atoms with Crippen molar-refractivity contribution in [1.29, 1.82) is 0 Å². The molecule has 4 aliphatic rings. The fraction of sp³-hybridized carbons (Fsp3) is 0.854. The molecule has 0 amide bonds. The fourth-order valence-electron chi connectivity index (χ4n) is 12.2. The van der Waals surface area contributed by atoms with E-state index in [-0.39, 0.29) is 22.9 Å². The summed E-state index contributed by atoms with van der Waals surface area (Å²) in [6.07, 6.45) is 37.3. The van der Waals surface area contributed by atoms with Crippen molar-refractivity contribution < 1.29 is 9.53 Å². The zero-order valence-electron chi connectivity index (χ0n) is 34.8. The summed E-state index contributed by atoms with van der Waals surface area (Å²) in [6.45, 7) is 22.2. The zero-order valence-corrected chi connectivity index (χ0v) is 34.8. The van der Waals surface area contributed by atoms with E-state index >= 15 is 0 Å². The van der Waals surface area contributed by atoms with Crippen LogP contribution in [-0.2, 0) is 9.53 Å². The highest BCUT2D eigenvalue weighted by atomic mass is 16.5. The minimum Gasteiger partial charge on any atom is -0.462 e. The van der Waals surface area contributed by atoms with E-state index in [1.807, 2.05) is 11.1 Å². The monoisotopic (exact) mass is 691 g/mol. The van der Waals surface area contributed by atoms with Crippen LogP contribution < -0.4 is 0 Å². The molecule has 7 atom stereocenters. The molecule has 0 aliphatic heterocycles. The third kappa shape index (κ3) is 9.43. The lowest BCUT2D eigenvalue weighted by atomic mass is 9.43. The molecule has 2 fully saturated rings. The third-order valence-corrected chi connectivity index (χ3v) is 15.5. The molecule has 0 aromatic carbocycles. The van der Waals surface area contributed by atoms with Gasteiger partial charge in [-0.15, -0.1) is 0 Å². The first-order valence-corrected chi connectivity index (χ1v) is 22.0. The summed E-state index contributed by atoms with van der Waals surface area (Å²) in [5.74, 6) is 2.28. The molecule has 0 spiro atoms. The third-order valence-electron chi connectivity index (χ3n) is 15.5. The predicted molar refractivity (Wildman–Crippen MR) is 216 cm³/mol. The van der Waals surface area contributed by atoms with E-state index in [2.05, 4.69) is 80.5 Å². The molecule has 2 unspecified atom stereocenters. The van der Waals surface area contributed by atoms with Crippen LogP contribution in [0.15, 0.2) is 34.9 Å². The SMILES string of the molecule is CCCCCCCC/C=C\CCCCCCCC(=O)OC1CC[C@]2(C)C3=C(CCC2C1(C)C)[C@]1(C)CC[C@H]([C@H](C)CCC=C(C)C)[C@@]1(C)CC3. The number of carbonyl (C=O) groups excluding carboxylic acids is 1. The maximum Gasteiger partial charge on any atom is 0.306 e. The van der Waals surface area contributed by atoms with Crippen LogP contribution in [0.3, 0.4) is 0 Å². The summed E-state index contributed by atoms with van der Waals surface area (Å²) < 4.78 is 6.38. The molecule has 0 radical (unpaired) electrons. The first-order valence-electron chi connectivity index (χ1n) is 22.0. The molecule has 4 rings (SSSR count). The summed E-state index contributed by atoms with van der Waals surface area (Å²) in [5, 5.41) is 0. The molecule has 2 saturated carbocycles. The summed E-state index contributed by atoms with van der Waals surface area (Å²) in [4.78, 5) is 13.1. The second-order valence-corrected chi connectivity index (χ2v) is 19.4. The van der Waals surface area contributed by atoms with Crippen molar-refractivity contribution >= 4 is 5.97 Å². The van der Waals surface area contributed by atoms with Crippen LogP contribution in [0, 0.1) is 39.4 Å². The molecule has 0 N–H and O–H groups in total. The van der Waals surface area contributed by atoms with Crippen LogP contribution in [0.2, 0.25) is 0 Å². The summed E-state index contributed by atoms with van der Waals surface area (Å²) in [7, 11) is 0. The Kier molecular flexibility index (Phi) is 15.4. The van der Waals surface area contributed by atoms with Gasteiger partial charge >= 0.3 is 5.97 Å². The lowest BCUT2D eigenvalue weighted by Crippen LogP contribution is -2.55. The van der Waals surface area contributed by atoms with E-state index in [0.717, 1.165) is 31.1 Å². The number of unbranched alkanes of at least 4 members (excludes halogenated alkanes) is 11. The quantitative estimate of drug-likeness (QED) is 0.0722. The van der Waals surface area contributed by atoms with Crippen LogP contribution >= 0.6 is 0 Å². The van der Waals surface area contributed by atoms with Gasteiger partial charge in [0.15, 0.2) is 0 Å². The van der Waals surface area contributed by atoms with E-state index < -0.39 is 0 Å². The van der Waals surface area contributed by atoms with E-state index in [1.54, 1.807) is 0 Å². The topological polar surface area (TPSA) is 26.3 Å². The lowest BCUT2D eigenvalue weighted by molar-refractivity contribution is -0.170. The molecule has 0 aromatic heterocycles. The van der Waals surface area contributed by atoms with Crippen molar-refractivity contribution in [3.05, 3.63) is 34.9 Å². The molecule has 0 heterocycles. The van der Waals surface area contributed by atoms with E-state index in [9.17, 15) is 4.79 Å². The van der Waals surface area contributed by atoms with Crippen LogP contribution in [-0.4, -0.2) is 12.1 Å². The van der Waals surface area contributed by atoms with Crippen LogP contribution in [0.25, 0.3) is 0 Å². The summed E-state index contributed by atoms with van der Waals surface area (Å²) in [5.41, 5.74) is 6.22. The second kappa shape index (κ2) is 18.6. The molecule has 4 aliphatic carbocycles. The Morgan fingerprint density at radius 2 is 1.40 bits per heavy atom. The Morgan fingerprint density at radius 3 is 2.06 bits per heavy atom. The average Bonchev–Trinajstić information content (AvgIpc) is 3.35. The number of ether oxygens (including phenoxy) is 1. The van der Waals surface area contributed by atoms with Crippen molar-refractivity contribution in [1.82, 2.24) is 0 Å². The number of hydrogen-bond donors (Lipinski definition) is 0. The second-order valence-electron chi connectivity index (χ2n) is 19.4. The van der Waals surface area contributed by atoms with Gasteiger partial charge in [-0.1, -0.05) is 135 Å². The molecule has 2 heteroatoms. The van der Waals surface area contributed by atoms with Gasteiger partial charge in [0.1, 0.15) is 6.10 Å². The largest absolute Gasteiger partial charge is 0.462 e. The minimum absolute atomic E-state index is 0.0169. The maximum absolute atomic E-state index is 13.1. The number of hydrogen-bond acceptors (Lipinski definition) is 2. The van der Waals surface area contributed by atoms with Gasteiger partial charge in [0.2, 0.25) is 0 Å². The minimum atomic E-state index is 0.0169. The molecule has 50 heavy (non-hydrogen) atoms. The van der Waals surface area contributed by atoms with Gasteiger partial charge in [-0.05, 0) is 144 Å². The molecule has 2 nitrogen and oxygen atoms in total. The lowest BCUT2D eigenvalue weighted by Gasteiger charge is -2.62. The summed E-state index contributed by atoms with van der Waals surface area (Å²) >= 11 is 0. The van der Waals surface area contributed by atoms with Crippen molar-refractivity contribution in [2.75, 3.05) is 0 Å². The standard InChI is InChI=1S/C48H82O2/c1-10-11-12-13-14-15-16-17-18-19-20-21-22-23-24-28-44(49)50-43-33-34-46(7)40-32-36-47(8)39(38(4)27-25-26-37(2)3)31-35-48(47,9)41(40)29-30-42(46)45(43,5)6/h17-18,26,38-39,42-43H,10-16,19-25,27-36H2,1-9H3/b18-17-/t38-,39-,42?,43?,46-,47-,48+/m1/s1. The molecule has 0 aromatic rings. The highest BCUT2D eigenvalue weighted by molar-refractivity contribution is 5.69. The van der Waals surface area contributed by atoms with Gasteiger partial charge in [-0.25, -0.2) is 0 Å². The van der Waals surface area contributed by atoms with Gasteiger partial charge in [0.05, 0.1) is 0 Å². The molecule has 0 bridgehead atoms. The van der Waals surface area contributed by atoms with Gasteiger partial charge in [-0.2, -0.15) is 0 Å². The molecule has 286 valence electrons. The smallest absolute Gasteiger partial charge is 0.306 e. The van der Waals surface area contributed by atoms with Crippen molar-refractivity contribution in [2.24, 2.45) is 39.4 Å². The van der Waals surface area contributed by atoms with Gasteiger partial charge in [0, 0.05) is 11.8 Å². The number of allylic oxidation sites excluding steroid dienone is 6. The van der Waals surface area contributed by atoms with Gasteiger partial charge in [-0.3, -0.25) is 4.79 Å². The van der Waals surface area contributed by atoms with Crippen molar-refractivity contribution in [2.45, 2.75) is 223 Å². The Labute approximate surface area is 311 Å². The average molecular weight is 691 g/mol. The van der Waals surface area contributed by atoms with Crippen LogP contribution in [0.1, 0.15) is 216 Å².